The largest absolute Gasteiger partial charge is 0.507 e. The number of aromatic nitrogens is 2. The Bertz CT molecular complexity index is 1090. The van der Waals surface area contributed by atoms with E-state index in [0.717, 1.165) is 25.0 Å². The number of sulfone groups is 1. The Kier molecular flexibility index (Phi) is 5.13. The van der Waals surface area contributed by atoms with Gasteiger partial charge in [-0.15, -0.1) is 10.2 Å². The monoisotopic (exact) mass is 443 g/mol. The highest BCUT2D eigenvalue weighted by molar-refractivity contribution is 7.90. The van der Waals surface area contributed by atoms with Gasteiger partial charge in [0.1, 0.15) is 11.4 Å². The van der Waals surface area contributed by atoms with Crippen LogP contribution in [0.5, 0.6) is 5.75 Å². The highest BCUT2D eigenvalue weighted by atomic mass is 32.2. The molecule has 11 heteroatoms. The first-order chi connectivity index (χ1) is 14.0. The Labute approximate surface area is 170 Å². The van der Waals surface area contributed by atoms with Gasteiger partial charge in [-0.2, -0.15) is 13.2 Å². The Hall–Kier alpha value is -2.40. The van der Waals surface area contributed by atoms with Crippen molar-refractivity contribution in [3.8, 4) is 17.0 Å². The van der Waals surface area contributed by atoms with E-state index in [4.69, 9.17) is 0 Å². The SMILES string of the molecule is O=S1(=O)Cc2c(N[C@@H]3CCCC[C@H]3O)nnc(-c3ccc(C(F)(F)F)cc3O)c2C1. The van der Waals surface area contributed by atoms with Gasteiger partial charge in [-0.25, -0.2) is 8.42 Å². The van der Waals surface area contributed by atoms with Crippen LogP contribution in [0.2, 0.25) is 0 Å². The molecule has 30 heavy (non-hydrogen) atoms. The van der Waals surface area contributed by atoms with Crippen LogP contribution in [0.3, 0.4) is 0 Å². The maximum atomic E-state index is 12.9. The lowest BCUT2D eigenvalue weighted by Crippen LogP contribution is -2.37. The van der Waals surface area contributed by atoms with Gasteiger partial charge in [-0.05, 0) is 31.0 Å². The molecule has 162 valence electrons. The minimum atomic E-state index is -4.62. The fourth-order valence-electron chi connectivity index (χ4n) is 4.00. The van der Waals surface area contributed by atoms with Gasteiger partial charge in [0.2, 0.25) is 0 Å². The molecule has 0 bridgehead atoms. The molecule has 1 saturated carbocycles. The molecule has 3 N–H and O–H groups in total. The Morgan fingerprint density at radius 2 is 1.77 bits per heavy atom. The van der Waals surface area contributed by atoms with E-state index in [1.165, 1.54) is 0 Å². The molecule has 2 aromatic rings. The van der Waals surface area contributed by atoms with Crippen molar-refractivity contribution < 1.29 is 31.8 Å². The molecule has 0 unspecified atom stereocenters. The van der Waals surface area contributed by atoms with Crippen LogP contribution in [-0.2, 0) is 27.5 Å². The van der Waals surface area contributed by atoms with Crippen molar-refractivity contribution in [3.05, 3.63) is 34.9 Å². The van der Waals surface area contributed by atoms with Crippen LogP contribution < -0.4 is 5.32 Å². The fourth-order valence-corrected chi connectivity index (χ4v) is 5.61. The van der Waals surface area contributed by atoms with Crippen molar-refractivity contribution in [2.45, 2.75) is 55.5 Å². The van der Waals surface area contributed by atoms with E-state index >= 15 is 0 Å². The molecule has 0 amide bonds. The van der Waals surface area contributed by atoms with Crippen LogP contribution in [0, 0.1) is 0 Å². The van der Waals surface area contributed by atoms with Crippen molar-refractivity contribution in [2.24, 2.45) is 0 Å². The molecule has 2 aliphatic rings. The van der Waals surface area contributed by atoms with Gasteiger partial charge >= 0.3 is 6.18 Å². The summed E-state index contributed by atoms with van der Waals surface area (Å²) < 4.78 is 63.3. The van der Waals surface area contributed by atoms with Crippen LogP contribution in [-0.4, -0.2) is 41.0 Å². The van der Waals surface area contributed by atoms with Crippen LogP contribution in [0.1, 0.15) is 42.4 Å². The van der Waals surface area contributed by atoms with E-state index in [-0.39, 0.29) is 34.6 Å². The van der Waals surface area contributed by atoms with Crippen LogP contribution in [0.4, 0.5) is 19.0 Å². The maximum absolute atomic E-state index is 12.9. The molecule has 0 spiro atoms. The van der Waals surface area contributed by atoms with Gasteiger partial charge in [-0.3, -0.25) is 0 Å². The molecule has 0 radical (unpaired) electrons. The first-order valence-electron chi connectivity index (χ1n) is 9.49. The number of anilines is 1. The molecular weight excluding hydrogens is 423 g/mol. The van der Waals surface area contributed by atoms with Gasteiger partial charge in [0.15, 0.2) is 15.7 Å². The fraction of sp³-hybridized carbons (Fsp3) is 0.474. The van der Waals surface area contributed by atoms with Crippen LogP contribution in [0.15, 0.2) is 18.2 Å². The second-order valence-corrected chi connectivity index (χ2v) is 9.78. The van der Waals surface area contributed by atoms with Crippen molar-refractivity contribution in [1.82, 2.24) is 10.2 Å². The number of nitrogens with zero attached hydrogens (tertiary/aromatic N) is 2. The molecule has 1 fully saturated rings. The second-order valence-electron chi connectivity index (χ2n) is 7.72. The summed E-state index contributed by atoms with van der Waals surface area (Å²) in [6.07, 6.45) is -2.06. The lowest BCUT2D eigenvalue weighted by Gasteiger charge is -2.29. The number of rotatable bonds is 3. The van der Waals surface area contributed by atoms with Crippen LogP contribution >= 0.6 is 0 Å². The minimum absolute atomic E-state index is 0.0203. The van der Waals surface area contributed by atoms with E-state index in [0.29, 0.717) is 30.0 Å². The molecule has 2 heterocycles. The van der Waals surface area contributed by atoms with E-state index in [1.54, 1.807) is 0 Å². The van der Waals surface area contributed by atoms with E-state index in [2.05, 4.69) is 15.5 Å². The quantitative estimate of drug-likeness (QED) is 0.668. The Balaban J connectivity index is 1.76. The molecular formula is C19H20F3N3O4S. The van der Waals surface area contributed by atoms with Gasteiger partial charge in [-0.1, -0.05) is 12.8 Å². The molecule has 0 saturated heterocycles. The average molecular weight is 443 g/mol. The zero-order chi connectivity index (χ0) is 21.7. The third-order valence-corrected chi connectivity index (χ3v) is 7.00. The van der Waals surface area contributed by atoms with E-state index < -0.39 is 33.4 Å². The third-order valence-electron chi connectivity index (χ3n) is 5.55. The molecule has 4 rings (SSSR count). The number of aliphatic hydroxyl groups is 1. The standard InChI is InChI=1S/C19H20F3N3O4S/c20-19(21,22)10-5-6-11(16(27)7-10)17-12-8-30(28,29)9-13(12)18(25-24-17)23-14-3-1-2-4-15(14)26/h5-7,14-15,26-27H,1-4,8-9H2,(H,23,25)/t14-,15-/m1/s1. The number of phenolic OH excluding ortho intramolecular Hbond substituents is 1. The number of nitrogens with one attached hydrogen (secondary N) is 1. The number of aromatic hydroxyl groups is 1. The summed E-state index contributed by atoms with van der Waals surface area (Å²) in [4.78, 5) is 0. The molecule has 1 aromatic heterocycles. The Morgan fingerprint density at radius 1 is 1.07 bits per heavy atom. The summed E-state index contributed by atoms with van der Waals surface area (Å²) in [6, 6.07) is 2.16. The number of halogens is 3. The Morgan fingerprint density at radius 3 is 2.43 bits per heavy atom. The van der Waals surface area contributed by atoms with Crippen molar-refractivity contribution >= 4 is 15.7 Å². The summed E-state index contributed by atoms with van der Waals surface area (Å²) in [5, 5.41) is 31.5. The summed E-state index contributed by atoms with van der Waals surface area (Å²) >= 11 is 0. The number of hydrogen-bond acceptors (Lipinski definition) is 7. The predicted octanol–water partition coefficient (Wildman–Crippen LogP) is 3.01. The molecule has 1 aromatic carbocycles. The summed E-state index contributed by atoms with van der Waals surface area (Å²) in [6.45, 7) is 0. The number of fused-ring (bicyclic) bond motifs is 1. The number of benzene rings is 1. The molecule has 2 atom stereocenters. The van der Waals surface area contributed by atoms with Gasteiger partial charge in [0.25, 0.3) is 0 Å². The first-order valence-corrected chi connectivity index (χ1v) is 11.3. The second kappa shape index (κ2) is 7.38. The highest BCUT2D eigenvalue weighted by Gasteiger charge is 2.35. The topological polar surface area (TPSA) is 112 Å². The first kappa shape index (κ1) is 20.9. The summed E-state index contributed by atoms with van der Waals surface area (Å²) in [7, 11) is -3.50. The average Bonchev–Trinajstić information content (AvgIpc) is 2.99. The van der Waals surface area contributed by atoms with Crippen molar-refractivity contribution in [3.63, 3.8) is 0 Å². The zero-order valence-electron chi connectivity index (χ0n) is 15.8. The number of alkyl halides is 3. The number of aliphatic hydroxyl groups excluding tert-OH is 1. The van der Waals surface area contributed by atoms with Gasteiger partial charge < -0.3 is 15.5 Å². The minimum Gasteiger partial charge on any atom is -0.507 e. The molecule has 1 aliphatic carbocycles. The predicted molar refractivity (Wildman–Crippen MR) is 102 cm³/mol. The van der Waals surface area contributed by atoms with E-state index in [1.807, 2.05) is 0 Å². The highest BCUT2D eigenvalue weighted by Crippen LogP contribution is 2.41. The zero-order valence-corrected chi connectivity index (χ0v) is 16.6. The smallest absolute Gasteiger partial charge is 0.416 e. The summed E-state index contributed by atoms with van der Waals surface area (Å²) in [5.74, 6) is -1.06. The van der Waals surface area contributed by atoms with Gasteiger partial charge in [0.05, 0.1) is 29.2 Å². The molecule has 1 aliphatic heterocycles. The summed E-state index contributed by atoms with van der Waals surface area (Å²) in [5.41, 5.74) is -0.337. The van der Waals surface area contributed by atoms with Crippen LogP contribution in [0.25, 0.3) is 11.3 Å². The van der Waals surface area contributed by atoms with Gasteiger partial charge in [0, 0.05) is 16.7 Å². The number of phenols is 1. The maximum Gasteiger partial charge on any atom is 0.416 e. The molecule has 7 nitrogen and oxygen atoms in total. The third kappa shape index (κ3) is 3.95. The van der Waals surface area contributed by atoms with Crippen molar-refractivity contribution in [1.29, 1.82) is 0 Å². The normalized spacial score (nSPS) is 23.2. The number of hydrogen-bond donors (Lipinski definition) is 3. The van der Waals surface area contributed by atoms with Crippen molar-refractivity contribution in [2.75, 3.05) is 5.32 Å². The lowest BCUT2D eigenvalue weighted by atomic mass is 9.92. The lowest BCUT2D eigenvalue weighted by molar-refractivity contribution is -0.137. The van der Waals surface area contributed by atoms with E-state index in [9.17, 15) is 31.8 Å².